The van der Waals surface area contributed by atoms with Crippen LogP contribution in [-0.2, 0) is 9.59 Å². The monoisotopic (exact) mass is 390 g/mol. The van der Waals surface area contributed by atoms with Crippen LogP contribution in [0.3, 0.4) is 0 Å². The van der Waals surface area contributed by atoms with Crippen molar-refractivity contribution in [1.29, 1.82) is 0 Å². The van der Waals surface area contributed by atoms with Crippen LogP contribution in [0.15, 0.2) is 48.5 Å². The van der Waals surface area contributed by atoms with Crippen molar-refractivity contribution in [3.63, 3.8) is 0 Å². The van der Waals surface area contributed by atoms with Gasteiger partial charge in [0.2, 0.25) is 11.8 Å². The van der Waals surface area contributed by atoms with Crippen molar-refractivity contribution in [2.24, 2.45) is 5.73 Å². The first kappa shape index (κ1) is 18.7. The molecule has 3 amide bonds. The molecule has 2 atom stereocenters. The van der Waals surface area contributed by atoms with Crippen molar-refractivity contribution in [3.8, 4) is 0 Å². The molecule has 0 bridgehead atoms. The number of rotatable bonds is 5. The van der Waals surface area contributed by atoms with Gasteiger partial charge < -0.3 is 20.9 Å². The van der Waals surface area contributed by atoms with Crippen molar-refractivity contribution in [2.75, 3.05) is 6.54 Å². The molecule has 0 radical (unpaired) electrons. The first-order chi connectivity index (χ1) is 13.9. The average Bonchev–Trinajstić information content (AvgIpc) is 3.18. The number of nitrogens with two attached hydrogens (primary N) is 1. The number of H-pyrrole nitrogens is 1. The Hall–Kier alpha value is -3.61. The molecule has 29 heavy (non-hydrogen) atoms. The normalized spacial score (nSPS) is 16.7. The van der Waals surface area contributed by atoms with Crippen molar-refractivity contribution in [2.45, 2.75) is 25.9 Å². The van der Waals surface area contributed by atoms with E-state index in [9.17, 15) is 14.4 Å². The Morgan fingerprint density at radius 1 is 1.17 bits per heavy atom. The highest BCUT2D eigenvalue weighted by Gasteiger charge is 2.43. The molecule has 0 aliphatic carbocycles. The topological polar surface area (TPSA) is 108 Å². The van der Waals surface area contributed by atoms with Crippen LogP contribution in [0.1, 0.15) is 40.1 Å². The number of nitrogens with one attached hydrogen (secondary N) is 2. The SMILES string of the molecule is Cc1[nH]c2ccccc2c1[C@H]1c2ccccc2C(=O)N1[C@@H](C)C(=O)NCC(N)=O. The Morgan fingerprint density at radius 3 is 2.62 bits per heavy atom. The molecule has 7 heteroatoms. The molecule has 4 rings (SSSR count). The van der Waals surface area contributed by atoms with Gasteiger partial charge in [0, 0.05) is 27.7 Å². The number of para-hydroxylation sites is 1. The van der Waals surface area contributed by atoms with E-state index in [1.165, 1.54) is 0 Å². The average molecular weight is 390 g/mol. The molecule has 1 aliphatic heterocycles. The lowest BCUT2D eigenvalue weighted by Crippen LogP contribution is -2.48. The molecule has 7 nitrogen and oxygen atoms in total. The molecular formula is C22H22N4O3. The molecule has 1 aromatic heterocycles. The molecule has 0 fully saturated rings. The molecule has 0 spiro atoms. The highest BCUT2D eigenvalue weighted by Crippen LogP contribution is 2.43. The number of fused-ring (bicyclic) bond motifs is 2. The van der Waals surface area contributed by atoms with E-state index >= 15 is 0 Å². The summed E-state index contributed by atoms with van der Waals surface area (Å²) in [6.07, 6.45) is 0. The van der Waals surface area contributed by atoms with E-state index in [1.54, 1.807) is 17.9 Å². The second kappa shape index (κ2) is 7.09. The second-order valence-electron chi connectivity index (χ2n) is 7.27. The van der Waals surface area contributed by atoms with Gasteiger partial charge in [-0.25, -0.2) is 0 Å². The number of amides is 3. The molecular weight excluding hydrogens is 368 g/mol. The summed E-state index contributed by atoms with van der Waals surface area (Å²) < 4.78 is 0. The van der Waals surface area contributed by atoms with E-state index in [-0.39, 0.29) is 12.5 Å². The van der Waals surface area contributed by atoms with Crippen LogP contribution in [0.4, 0.5) is 0 Å². The highest BCUT2D eigenvalue weighted by molar-refractivity contribution is 6.03. The Kier molecular flexibility index (Phi) is 4.58. The van der Waals surface area contributed by atoms with Crippen molar-refractivity contribution < 1.29 is 14.4 Å². The first-order valence-electron chi connectivity index (χ1n) is 9.45. The van der Waals surface area contributed by atoms with E-state index in [2.05, 4.69) is 10.3 Å². The lowest BCUT2D eigenvalue weighted by atomic mass is 9.95. The largest absolute Gasteiger partial charge is 0.368 e. The lowest BCUT2D eigenvalue weighted by Gasteiger charge is -2.31. The number of benzene rings is 2. The number of hydrogen-bond acceptors (Lipinski definition) is 3. The molecule has 2 heterocycles. The molecule has 3 aromatic rings. The molecule has 0 saturated carbocycles. The minimum atomic E-state index is -0.785. The number of aryl methyl sites for hydroxylation is 1. The smallest absolute Gasteiger partial charge is 0.255 e. The van der Waals surface area contributed by atoms with Gasteiger partial charge >= 0.3 is 0 Å². The third-order valence-corrected chi connectivity index (χ3v) is 5.45. The van der Waals surface area contributed by atoms with Crippen LogP contribution in [0.2, 0.25) is 0 Å². The van der Waals surface area contributed by atoms with E-state index in [1.807, 2.05) is 49.4 Å². The Labute approximate surface area is 167 Å². The number of carbonyl (C=O) groups is 3. The summed E-state index contributed by atoms with van der Waals surface area (Å²) >= 11 is 0. The zero-order chi connectivity index (χ0) is 20.7. The maximum atomic E-state index is 13.3. The molecule has 0 unspecified atom stereocenters. The number of aromatic amines is 1. The molecule has 0 saturated heterocycles. The third kappa shape index (κ3) is 3.04. The zero-order valence-corrected chi connectivity index (χ0v) is 16.2. The minimum Gasteiger partial charge on any atom is -0.368 e. The van der Waals surface area contributed by atoms with Crippen molar-refractivity contribution in [3.05, 3.63) is 70.9 Å². The summed E-state index contributed by atoms with van der Waals surface area (Å²) in [5, 5.41) is 3.52. The predicted molar refractivity (Wildman–Crippen MR) is 109 cm³/mol. The Morgan fingerprint density at radius 2 is 1.86 bits per heavy atom. The number of carbonyl (C=O) groups excluding carboxylic acids is 3. The van der Waals surface area contributed by atoms with Gasteiger partial charge in [-0.2, -0.15) is 0 Å². The van der Waals surface area contributed by atoms with Crippen LogP contribution in [0.25, 0.3) is 10.9 Å². The van der Waals surface area contributed by atoms with Gasteiger partial charge in [0.05, 0.1) is 12.6 Å². The van der Waals surface area contributed by atoms with Crippen LogP contribution >= 0.6 is 0 Å². The van der Waals surface area contributed by atoms with Gasteiger partial charge in [0.25, 0.3) is 5.91 Å². The standard InChI is InChI=1S/C22H22N4O3/c1-12-19(16-9-5-6-10-17(16)25-12)20-14-7-3-4-8-15(14)22(29)26(20)13(2)21(28)24-11-18(23)27/h3-10,13,20,25H,11H2,1-2H3,(H2,23,27)(H,24,28)/t13-,20+/m0/s1. The van der Waals surface area contributed by atoms with E-state index in [0.29, 0.717) is 5.56 Å². The van der Waals surface area contributed by atoms with Crippen molar-refractivity contribution in [1.82, 2.24) is 15.2 Å². The van der Waals surface area contributed by atoms with Gasteiger partial charge in [-0.15, -0.1) is 0 Å². The van der Waals surface area contributed by atoms with E-state index < -0.39 is 23.9 Å². The maximum absolute atomic E-state index is 13.3. The number of primary amides is 1. The maximum Gasteiger partial charge on any atom is 0.255 e. The van der Waals surface area contributed by atoms with Gasteiger partial charge in [-0.1, -0.05) is 36.4 Å². The van der Waals surface area contributed by atoms with Crippen LogP contribution in [0.5, 0.6) is 0 Å². The summed E-state index contributed by atoms with van der Waals surface area (Å²) in [7, 11) is 0. The van der Waals surface area contributed by atoms with Crippen LogP contribution in [-0.4, -0.2) is 40.2 Å². The van der Waals surface area contributed by atoms with Gasteiger partial charge in [-0.3, -0.25) is 14.4 Å². The van der Waals surface area contributed by atoms with Gasteiger partial charge in [0.15, 0.2) is 0 Å². The lowest BCUT2D eigenvalue weighted by molar-refractivity contribution is -0.128. The van der Waals surface area contributed by atoms with Crippen LogP contribution < -0.4 is 11.1 Å². The Bertz CT molecular complexity index is 1130. The van der Waals surface area contributed by atoms with E-state index in [4.69, 9.17) is 5.73 Å². The third-order valence-electron chi connectivity index (χ3n) is 5.45. The van der Waals surface area contributed by atoms with Crippen LogP contribution in [0, 0.1) is 6.92 Å². The zero-order valence-electron chi connectivity index (χ0n) is 16.2. The molecule has 1 aliphatic rings. The number of aromatic nitrogens is 1. The minimum absolute atomic E-state index is 0.211. The second-order valence-corrected chi connectivity index (χ2v) is 7.27. The summed E-state index contributed by atoms with van der Waals surface area (Å²) in [6, 6.07) is 14.1. The quantitative estimate of drug-likeness (QED) is 0.620. The van der Waals surface area contributed by atoms with E-state index in [0.717, 1.165) is 27.7 Å². The molecule has 148 valence electrons. The van der Waals surface area contributed by atoms with Gasteiger partial charge in [0.1, 0.15) is 6.04 Å². The fraction of sp³-hybridized carbons (Fsp3) is 0.227. The summed E-state index contributed by atoms with van der Waals surface area (Å²) in [5.41, 5.74) is 9.46. The summed E-state index contributed by atoms with van der Waals surface area (Å²) in [4.78, 5) is 42.0. The number of nitrogens with zero attached hydrogens (tertiary/aromatic N) is 1. The summed E-state index contributed by atoms with van der Waals surface area (Å²) in [5.74, 6) is -1.27. The fourth-order valence-electron chi connectivity index (χ4n) is 4.13. The molecule has 2 aromatic carbocycles. The highest BCUT2D eigenvalue weighted by atomic mass is 16.2. The predicted octanol–water partition coefficient (Wildman–Crippen LogP) is 2.01. The number of hydrogen-bond donors (Lipinski definition) is 3. The first-order valence-corrected chi connectivity index (χ1v) is 9.45. The molecule has 4 N–H and O–H groups in total. The fourth-order valence-corrected chi connectivity index (χ4v) is 4.13. The Balaban J connectivity index is 1.84. The summed E-state index contributed by atoms with van der Waals surface area (Å²) in [6.45, 7) is 3.36. The van der Waals surface area contributed by atoms with Gasteiger partial charge in [-0.05, 0) is 31.5 Å². The van der Waals surface area contributed by atoms with Crippen molar-refractivity contribution >= 4 is 28.6 Å².